The van der Waals surface area contributed by atoms with Gasteiger partial charge >= 0.3 is 0 Å². The van der Waals surface area contributed by atoms with Crippen LogP contribution in [-0.2, 0) is 4.84 Å². The van der Waals surface area contributed by atoms with Crippen LogP contribution in [-0.4, -0.2) is 30.0 Å². The molecule has 0 aliphatic carbocycles. The normalized spacial score (nSPS) is 18.0. The second kappa shape index (κ2) is 6.78. The van der Waals surface area contributed by atoms with Crippen molar-refractivity contribution < 1.29 is 9.57 Å². The number of hydrogen-bond donors (Lipinski definition) is 1. The van der Waals surface area contributed by atoms with Gasteiger partial charge in [-0.2, -0.15) is 0 Å². The third-order valence-corrected chi connectivity index (χ3v) is 2.77. The Labute approximate surface area is 114 Å². The Morgan fingerprint density at radius 2 is 2.41 bits per heavy atom. The van der Waals surface area contributed by atoms with Gasteiger partial charge in [-0.15, -0.1) is 12.4 Å². The first-order valence-electron chi connectivity index (χ1n) is 4.94. The van der Waals surface area contributed by atoms with Crippen molar-refractivity contribution in [3.63, 3.8) is 0 Å². The van der Waals surface area contributed by atoms with E-state index >= 15 is 0 Å². The maximum atomic E-state index is 5.57. The minimum Gasteiger partial charge on any atom is -0.487 e. The standard InChI is InChI=1S/C10H12BrN3O2.ClH/c11-10-9(2-1-3-13-10)15-6-8-4-7(5-12)14-16-8;/h1-3,8H,4-6,12H2;1H. The Morgan fingerprint density at radius 1 is 1.59 bits per heavy atom. The molecule has 0 bridgehead atoms. The molecule has 0 saturated heterocycles. The van der Waals surface area contributed by atoms with Crippen LogP contribution < -0.4 is 10.5 Å². The number of rotatable bonds is 4. The van der Waals surface area contributed by atoms with E-state index in [0.717, 1.165) is 12.1 Å². The number of aromatic nitrogens is 1. The maximum absolute atomic E-state index is 5.57. The van der Waals surface area contributed by atoms with Crippen molar-refractivity contribution in [2.45, 2.75) is 12.5 Å². The molecule has 5 nitrogen and oxygen atoms in total. The molecule has 1 unspecified atom stereocenters. The Bertz CT molecular complexity index is 403. The molecule has 0 saturated carbocycles. The lowest BCUT2D eigenvalue weighted by molar-refractivity contribution is 0.0467. The van der Waals surface area contributed by atoms with Crippen molar-refractivity contribution in [1.82, 2.24) is 4.98 Å². The Morgan fingerprint density at radius 3 is 3.06 bits per heavy atom. The Balaban J connectivity index is 0.00000144. The van der Waals surface area contributed by atoms with Crippen molar-refractivity contribution >= 4 is 34.0 Å². The summed E-state index contributed by atoms with van der Waals surface area (Å²) in [6.07, 6.45) is 2.37. The number of nitrogens with two attached hydrogens (primary N) is 1. The van der Waals surface area contributed by atoms with Crippen molar-refractivity contribution in [1.29, 1.82) is 0 Å². The van der Waals surface area contributed by atoms with E-state index in [1.54, 1.807) is 6.20 Å². The van der Waals surface area contributed by atoms with Crippen molar-refractivity contribution in [3.8, 4) is 5.75 Å². The first-order chi connectivity index (χ1) is 7.79. The summed E-state index contributed by atoms with van der Waals surface area (Å²) < 4.78 is 6.25. The predicted molar refractivity (Wildman–Crippen MR) is 70.7 cm³/mol. The van der Waals surface area contributed by atoms with Gasteiger partial charge < -0.3 is 15.3 Å². The van der Waals surface area contributed by atoms with Gasteiger partial charge in [0.15, 0.2) is 11.9 Å². The van der Waals surface area contributed by atoms with Crippen LogP contribution in [0.25, 0.3) is 0 Å². The molecule has 2 N–H and O–H groups in total. The Kier molecular flexibility index (Phi) is 5.67. The molecule has 0 aromatic carbocycles. The summed E-state index contributed by atoms with van der Waals surface area (Å²) in [4.78, 5) is 9.22. The van der Waals surface area contributed by atoms with Crippen molar-refractivity contribution in [2.75, 3.05) is 13.2 Å². The molecule has 94 valence electrons. The lowest BCUT2D eigenvalue weighted by atomic mass is 10.2. The van der Waals surface area contributed by atoms with Gasteiger partial charge in [-0.3, -0.25) is 0 Å². The summed E-state index contributed by atoms with van der Waals surface area (Å²) in [7, 11) is 0. The van der Waals surface area contributed by atoms with Crippen LogP contribution in [0.3, 0.4) is 0 Å². The average molecular weight is 323 g/mol. The zero-order chi connectivity index (χ0) is 11.4. The molecule has 0 radical (unpaired) electrons. The van der Waals surface area contributed by atoms with E-state index in [9.17, 15) is 0 Å². The number of oxime groups is 1. The summed E-state index contributed by atoms with van der Waals surface area (Å²) in [6.45, 7) is 0.879. The molecule has 1 aliphatic heterocycles. The summed E-state index contributed by atoms with van der Waals surface area (Å²) in [6, 6.07) is 3.66. The third kappa shape index (κ3) is 3.83. The molecule has 2 rings (SSSR count). The van der Waals surface area contributed by atoms with E-state index in [4.69, 9.17) is 15.3 Å². The lowest BCUT2D eigenvalue weighted by Gasteiger charge is -2.10. The first-order valence-corrected chi connectivity index (χ1v) is 5.74. The lowest BCUT2D eigenvalue weighted by Crippen LogP contribution is -2.20. The highest BCUT2D eigenvalue weighted by Crippen LogP contribution is 2.22. The van der Waals surface area contributed by atoms with E-state index in [0.29, 0.717) is 23.5 Å². The zero-order valence-electron chi connectivity index (χ0n) is 9.01. The molecule has 7 heteroatoms. The highest BCUT2D eigenvalue weighted by Gasteiger charge is 2.20. The zero-order valence-corrected chi connectivity index (χ0v) is 11.4. The predicted octanol–water partition coefficient (Wildman–Crippen LogP) is 1.75. The number of halogens is 2. The topological polar surface area (TPSA) is 69.7 Å². The van der Waals surface area contributed by atoms with Gasteiger partial charge in [0.25, 0.3) is 0 Å². The fourth-order valence-corrected chi connectivity index (χ4v) is 1.72. The number of pyridine rings is 1. The molecular weight excluding hydrogens is 309 g/mol. The second-order valence-electron chi connectivity index (χ2n) is 3.40. The number of ether oxygens (including phenoxy) is 1. The summed E-state index contributed by atoms with van der Waals surface area (Å²) in [5, 5.41) is 3.85. The van der Waals surface area contributed by atoms with E-state index in [-0.39, 0.29) is 18.5 Å². The van der Waals surface area contributed by atoms with Crippen molar-refractivity contribution in [3.05, 3.63) is 22.9 Å². The third-order valence-electron chi connectivity index (χ3n) is 2.18. The number of hydrogen-bond acceptors (Lipinski definition) is 5. The second-order valence-corrected chi connectivity index (χ2v) is 4.15. The SMILES string of the molecule is Cl.NCC1=NOC(COc2cccnc2Br)C1. The molecule has 0 fully saturated rings. The van der Waals surface area contributed by atoms with Crippen molar-refractivity contribution in [2.24, 2.45) is 10.9 Å². The van der Waals surface area contributed by atoms with Gasteiger partial charge in [-0.05, 0) is 28.1 Å². The van der Waals surface area contributed by atoms with Gasteiger partial charge in [-0.25, -0.2) is 4.98 Å². The van der Waals surface area contributed by atoms with E-state index in [2.05, 4.69) is 26.1 Å². The molecule has 17 heavy (non-hydrogen) atoms. The Hall–Kier alpha value is -0.850. The first kappa shape index (κ1) is 14.2. The molecule has 1 aromatic heterocycles. The van der Waals surface area contributed by atoms with Crippen LogP contribution in [0.2, 0.25) is 0 Å². The van der Waals surface area contributed by atoms with Crippen LogP contribution in [0.4, 0.5) is 0 Å². The van der Waals surface area contributed by atoms with Gasteiger partial charge in [0.05, 0.1) is 5.71 Å². The largest absolute Gasteiger partial charge is 0.487 e. The monoisotopic (exact) mass is 321 g/mol. The van der Waals surface area contributed by atoms with Gasteiger partial charge in [0.1, 0.15) is 11.2 Å². The van der Waals surface area contributed by atoms with Crippen LogP contribution in [0.15, 0.2) is 28.1 Å². The smallest absolute Gasteiger partial charge is 0.166 e. The van der Waals surface area contributed by atoms with Crippen LogP contribution in [0, 0.1) is 0 Å². The van der Waals surface area contributed by atoms with Crippen LogP contribution in [0.1, 0.15) is 6.42 Å². The van der Waals surface area contributed by atoms with Crippen LogP contribution >= 0.6 is 28.3 Å². The summed E-state index contributed by atoms with van der Waals surface area (Å²) in [5.74, 6) is 0.701. The van der Waals surface area contributed by atoms with Crippen LogP contribution in [0.5, 0.6) is 5.75 Å². The van der Waals surface area contributed by atoms with E-state index < -0.39 is 0 Å². The highest BCUT2D eigenvalue weighted by molar-refractivity contribution is 9.10. The molecule has 1 atom stereocenters. The minimum atomic E-state index is -0.0503. The summed E-state index contributed by atoms with van der Waals surface area (Å²) >= 11 is 3.31. The van der Waals surface area contributed by atoms with Gasteiger partial charge in [-0.1, -0.05) is 5.16 Å². The maximum Gasteiger partial charge on any atom is 0.166 e. The quantitative estimate of drug-likeness (QED) is 0.857. The van der Waals surface area contributed by atoms with Gasteiger partial charge in [0, 0.05) is 19.2 Å². The minimum absolute atomic E-state index is 0. The fourth-order valence-electron chi connectivity index (χ4n) is 1.36. The summed E-state index contributed by atoms with van der Waals surface area (Å²) in [5.41, 5.74) is 6.33. The molecule has 1 aromatic rings. The number of nitrogens with zero attached hydrogens (tertiary/aromatic N) is 2. The van der Waals surface area contributed by atoms with Gasteiger partial charge in [0.2, 0.25) is 0 Å². The molecular formula is C10H13BrClN3O2. The molecule has 0 spiro atoms. The highest BCUT2D eigenvalue weighted by atomic mass is 79.9. The molecule has 2 heterocycles. The fraction of sp³-hybridized carbons (Fsp3) is 0.400. The molecule has 0 amide bonds. The van der Waals surface area contributed by atoms with E-state index in [1.165, 1.54) is 0 Å². The molecule has 1 aliphatic rings. The van der Waals surface area contributed by atoms with E-state index in [1.807, 2.05) is 12.1 Å². The average Bonchev–Trinajstić information content (AvgIpc) is 2.76.